The van der Waals surface area contributed by atoms with E-state index in [1.54, 1.807) is 14.2 Å². The van der Waals surface area contributed by atoms with Crippen LogP contribution in [0, 0.1) is 51.4 Å². The summed E-state index contributed by atoms with van der Waals surface area (Å²) in [5.41, 5.74) is 9.90. The summed E-state index contributed by atoms with van der Waals surface area (Å²) in [5, 5.41) is 0. The molecule has 0 fully saturated rings. The number of unbranched alkanes of at least 4 members (excludes halogenated alkanes) is 10. The van der Waals surface area contributed by atoms with Gasteiger partial charge in [0.15, 0.2) is 0 Å². The van der Waals surface area contributed by atoms with E-state index in [2.05, 4.69) is 118 Å². The first kappa shape index (κ1) is 43.4. The lowest BCUT2D eigenvalue weighted by Gasteiger charge is -2.14. The van der Waals surface area contributed by atoms with Gasteiger partial charge in [0, 0.05) is 37.9 Å². The van der Waals surface area contributed by atoms with Crippen molar-refractivity contribution >= 4 is 15.9 Å². The van der Waals surface area contributed by atoms with E-state index in [9.17, 15) is 0 Å². The van der Waals surface area contributed by atoms with Gasteiger partial charge in [-0.3, -0.25) is 0 Å². The van der Waals surface area contributed by atoms with E-state index in [0.717, 1.165) is 109 Å². The lowest BCUT2D eigenvalue weighted by molar-refractivity contribution is 0.304. The van der Waals surface area contributed by atoms with E-state index in [-0.39, 0.29) is 0 Å². The number of hydrogen-bond acceptors (Lipinski definition) is 4. The van der Waals surface area contributed by atoms with Crippen LogP contribution >= 0.6 is 15.9 Å². The highest BCUT2D eigenvalue weighted by molar-refractivity contribution is 9.10. The van der Waals surface area contributed by atoms with Gasteiger partial charge in [0.25, 0.3) is 0 Å². The Morgan fingerprint density at radius 3 is 1.42 bits per heavy atom. The van der Waals surface area contributed by atoms with Gasteiger partial charge in [0.1, 0.15) is 23.0 Å². The van der Waals surface area contributed by atoms with E-state index in [0.29, 0.717) is 0 Å². The Balaban J connectivity index is 1.63. The third kappa shape index (κ3) is 13.1. The highest BCUT2D eigenvalue weighted by Gasteiger charge is 2.15. The Bertz CT molecular complexity index is 1940. The van der Waals surface area contributed by atoms with Crippen molar-refractivity contribution in [2.45, 2.75) is 119 Å². The summed E-state index contributed by atoms with van der Waals surface area (Å²) in [6.07, 6.45) is 14.9. The van der Waals surface area contributed by atoms with E-state index in [4.69, 9.17) is 18.9 Å². The van der Waals surface area contributed by atoms with Gasteiger partial charge in [-0.2, -0.15) is 0 Å². The Morgan fingerprint density at radius 2 is 0.945 bits per heavy atom. The number of halogens is 1. The molecular formula is C50H61BrO4. The van der Waals surface area contributed by atoms with E-state index in [1.165, 1.54) is 64.2 Å². The number of rotatable bonds is 19. The Hall–Kier alpha value is -4.32. The third-order valence-electron chi connectivity index (χ3n) is 9.99. The minimum atomic E-state index is 0.729. The molecule has 0 unspecified atom stereocenters. The topological polar surface area (TPSA) is 36.9 Å². The minimum absolute atomic E-state index is 0.729. The van der Waals surface area contributed by atoms with Crippen LogP contribution in [0.15, 0.2) is 59.1 Å². The number of aryl methyl sites for hydroxylation is 4. The van der Waals surface area contributed by atoms with Crippen LogP contribution < -0.4 is 18.9 Å². The fourth-order valence-electron chi connectivity index (χ4n) is 6.83. The zero-order valence-electron chi connectivity index (χ0n) is 34.6. The quantitative estimate of drug-likeness (QED) is 0.0699. The van der Waals surface area contributed by atoms with Crippen molar-refractivity contribution in [3.63, 3.8) is 0 Å². The van der Waals surface area contributed by atoms with Gasteiger partial charge in [-0.15, -0.1) is 0 Å². The summed E-state index contributed by atoms with van der Waals surface area (Å²) >= 11 is 3.84. The molecule has 4 aromatic rings. The van der Waals surface area contributed by atoms with Gasteiger partial charge in [-0.25, -0.2) is 0 Å². The zero-order valence-corrected chi connectivity index (χ0v) is 36.2. The van der Waals surface area contributed by atoms with Gasteiger partial charge >= 0.3 is 0 Å². The zero-order chi connectivity index (χ0) is 39.6. The fraction of sp³-hybridized carbons (Fsp3) is 0.440. The first-order valence-corrected chi connectivity index (χ1v) is 21.1. The van der Waals surface area contributed by atoms with Gasteiger partial charge in [-0.1, -0.05) is 102 Å². The molecule has 4 rings (SSSR count). The Morgan fingerprint density at radius 1 is 0.473 bits per heavy atom. The predicted molar refractivity (Wildman–Crippen MR) is 234 cm³/mol. The fourth-order valence-corrected chi connectivity index (χ4v) is 7.28. The van der Waals surface area contributed by atoms with Crippen molar-refractivity contribution < 1.29 is 18.9 Å². The molecule has 0 aliphatic heterocycles. The molecule has 292 valence electrons. The lowest BCUT2D eigenvalue weighted by Crippen LogP contribution is -1.99. The molecule has 0 radical (unpaired) electrons. The largest absolute Gasteiger partial charge is 0.497 e. The lowest BCUT2D eigenvalue weighted by atomic mass is 9.95. The summed E-state index contributed by atoms with van der Waals surface area (Å²) in [6, 6.07) is 18.4. The molecule has 0 amide bonds. The summed E-state index contributed by atoms with van der Waals surface area (Å²) in [7, 11) is 3.36. The highest BCUT2D eigenvalue weighted by atomic mass is 79.9. The summed E-state index contributed by atoms with van der Waals surface area (Å²) in [6.45, 7) is 14.4. The molecule has 0 N–H and O–H groups in total. The molecule has 4 nitrogen and oxygen atoms in total. The molecular weight excluding hydrogens is 744 g/mol. The second-order valence-corrected chi connectivity index (χ2v) is 15.4. The molecule has 0 atom stereocenters. The maximum atomic E-state index is 6.15. The highest BCUT2D eigenvalue weighted by Crippen LogP contribution is 2.38. The van der Waals surface area contributed by atoms with Gasteiger partial charge in [-0.05, 0) is 133 Å². The standard InChI is InChI=1S/C50H61BrO4/c1-9-11-13-15-17-19-27-54-43-29-36(3)45(37(4)30-43)24-21-40-34-49(51)41(33-47(40)48-35-42(52-7)23-26-50(48)53-8)22-25-46-38(5)31-44(32-39(46)6)55-28-20-18-16-14-12-10-2/h23,26,29-35H,9-20,27-28H2,1-8H3. The molecule has 0 aliphatic carbocycles. The molecule has 0 heterocycles. The number of hydrogen-bond donors (Lipinski definition) is 0. The number of methoxy groups -OCH3 is 2. The summed E-state index contributed by atoms with van der Waals surface area (Å²) in [4.78, 5) is 0. The van der Waals surface area contributed by atoms with Crippen LogP contribution in [-0.4, -0.2) is 27.4 Å². The summed E-state index contributed by atoms with van der Waals surface area (Å²) in [5.74, 6) is 17.2. The molecule has 0 aliphatic rings. The molecule has 0 spiro atoms. The minimum Gasteiger partial charge on any atom is -0.497 e. The maximum Gasteiger partial charge on any atom is 0.126 e. The SMILES string of the molecule is CCCCCCCCOc1cc(C)c(C#Cc2cc(-c3cc(OC)ccc3OC)c(C#Cc3c(C)cc(OCCCCCCCC)cc3C)cc2Br)c(C)c1. The van der Waals surface area contributed by atoms with Crippen LogP contribution in [-0.2, 0) is 0 Å². The molecule has 0 saturated heterocycles. The summed E-state index contributed by atoms with van der Waals surface area (Å²) < 4.78 is 24.7. The molecule has 55 heavy (non-hydrogen) atoms. The van der Waals surface area contributed by atoms with Crippen molar-refractivity contribution in [1.82, 2.24) is 0 Å². The van der Waals surface area contributed by atoms with Gasteiger partial charge in [0.05, 0.1) is 27.4 Å². The molecule has 0 saturated carbocycles. The first-order valence-electron chi connectivity index (χ1n) is 20.3. The first-order chi connectivity index (χ1) is 26.7. The van der Waals surface area contributed by atoms with Crippen LogP contribution in [0.2, 0.25) is 0 Å². The molecule has 0 bridgehead atoms. The maximum absolute atomic E-state index is 6.15. The van der Waals surface area contributed by atoms with Crippen molar-refractivity contribution in [2.24, 2.45) is 0 Å². The second-order valence-electron chi connectivity index (χ2n) is 14.5. The molecule has 5 heteroatoms. The van der Waals surface area contributed by atoms with Crippen molar-refractivity contribution in [3.8, 4) is 57.8 Å². The predicted octanol–water partition coefficient (Wildman–Crippen LogP) is 13.6. The van der Waals surface area contributed by atoms with Crippen molar-refractivity contribution in [2.75, 3.05) is 27.4 Å². The number of benzene rings is 4. The van der Waals surface area contributed by atoms with Crippen molar-refractivity contribution in [1.29, 1.82) is 0 Å². The third-order valence-corrected chi connectivity index (χ3v) is 10.7. The molecule has 4 aromatic carbocycles. The van der Waals surface area contributed by atoms with E-state index >= 15 is 0 Å². The monoisotopic (exact) mass is 804 g/mol. The van der Waals surface area contributed by atoms with Gasteiger partial charge < -0.3 is 18.9 Å². The Labute approximate surface area is 340 Å². The normalized spacial score (nSPS) is 10.6. The molecule has 0 aromatic heterocycles. The van der Waals surface area contributed by atoms with Crippen LogP contribution in [0.3, 0.4) is 0 Å². The average molecular weight is 806 g/mol. The van der Waals surface area contributed by atoms with Gasteiger partial charge in [0.2, 0.25) is 0 Å². The number of ether oxygens (including phenoxy) is 4. The van der Waals surface area contributed by atoms with Crippen LogP contribution in [0.5, 0.6) is 23.0 Å². The van der Waals surface area contributed by atoms with E-state index in [1.807, 2.05) is 18.2 Å². The van der Waals surface area contributed by atoms with Crippen LogP contribution in [0.1, 0.15) is 135 Å². The van der Waals surface area contributed by atoms with Crippen LogP contribution in [0.4, 0.5) is 0 Å². The average Bonchev–Trinajstić information content (AvgIpc) is 3.17. The second kappa shape index (κ2) is 22.9. The van der Waals surface area contributed by atoms with Crippen molar-refractivity contribution in [3.05, 3.63) is 104 Å². The van der Waals surface area contributed by atoms with Crippen LogP contribution in [0.25, 0.3) is 11.1 Å². The van der Waals surface area contributed by atoms with E-state index < -0.39 is 0 Å². The Kier molecular flexibility index (Phi) is 18.1. The smallest absolute Gasteiger partial charge is 0.126 e.